The first-order valence-corrected chi connectivity index (χ1v) is 7.03. The van der Waals surface area contributed by atoms with Crippen LogP contribution in [0.1, 0.15) is 19.8 Å². The standard InChI is InChI=1S/C11H23NO2S/c1-2-4-12-11(9-15-7-5-13)10-3-6-14-8-10/h10-13H,2-9H2,1H3. The molecule has 15 heavy (non-hydrogen) atoms. The molecule has 1 saturated heterocycles. The fraction of sp³-hybridized carbons (Fsp3) is 1.00. The van der Waals surface area contributed by atoms with Crippen LogP contribution in [0.5, 0.6) is 0 Å². The van der Waals surface area contributed by atoms with Gasteiger partial charge in [0.25, 0.3) is 0 Å². The number of aliphatic hydroxyl groups excluding tert-OH is 1. The van der Waals surface area contributed by atoms with E-state index >= 15 is 0 Å². The lowest BCUT2D eigenvalue weighted by atomic mass is 10.0. The minimum Gasteiger partial charge on any atom is -0.396 e. The molecule has 1 rings (SSSR count). The predicted octanol–water partition coefficient (Wildman–Crippen LogP) is 1.12. The lowest BCUT2D eigenvalue weighted by Gasteiger charge is -2.23. The van der Waals surface area contributed by atoms with Gasteiger partial charge in [0.05, 0.1) is 13.2 Å². The van der Waals surface area contributed by atoms with E-state index in [0.29, 0.717) is 12.0 Å². The summed E-state index contributed by atoms with van der Waals surface area (Å²) in [5.41, 5.74) is 0. The summed E-state index contributed by atoms with van der Waals surface area (Å²) >= 11 is 1.83. The van der Waals surface area contributed by atoms with Crippen LogP contribution in [-0.4, -0.2) is 49.0 Å². The molecule has 0 aromatic carbocycles. The van der Waals surface area contributed by atoms with Crippen molar-refractivity contribution in [3.05, 3.63) is 0 Å². The third-order valence-electron chi connectivity index (χ3n) is 2.72. The van der Waals surface area contributed by atoms with Crippen LogP contribution in [0.15, 0.2) is 0 Å². The third-order valence-corrected chi connectivity index (χ3v) is 3.79. The summed E-state index contributed by atoms with van der Waals surface area (Å²) in [5, 5.41) is 12.3. The van der Waals surface area contributed by atoms with Crippen molar-refractivity contribution in [1.82, 2.24) is 5.32 Å². The van der Waals surface area contributed by atoms with Crippen molar-refractivity contribution in [2.45, 2.75) is 25.8 Å². The van der Waals surface area contributed by atoms with E-state index < -0.39 is 0 Å². The van der Waals surface area contributed by atoms with Crippen molar-refractivity contribution in [2.75, 3.05) is 37.9 Å². The Morgan fingerprint density at radius 2 is 2.47 bits per heavy atom. The van der Waals surface area contributed by atoms with E-state index in [0.717, 1.165) is 31.3 Å². The van der Waals surface area contributed by atoms with Gasteiger partial charge in [0.15, 0.2) is 0 Å². The normalized spacial score (nSPS) is 23.2. The van der Waals surface area contributed by atoms with Crippen molar-refractivity contribution < 1.29 is 9.84 Å². The van der Waals surface area contributed by atoms with Gasteiger partial charge in [-0.2, -0.15) is 11.8 Å². The van der Waals surface area contributed by atoms with Crippen LogP contribution in [0.25, 0.3) is 0 Å². The quantitative estimate of drug-likeness (QED) is 0.616. The van der Waals surface area contributed by atoms with E-state index in [2.05, 4.69) is 12.2 Å². The molecule has 0 saturated carbocycles. The van der Waals surface area contributed by atoms with Gasteiger partial charge in [0.2, 0.25) is 0 Å². The van der Waals surface area contributed by atoms with Crippen molar-refractivity contribution in [3.8, 4) is 0 Å². The van der Waals surface area contributed by atoms with Crippen LogP contribution in [0.2, 0.25) is 0 Å². The number of hydrogen-bond acceptors (Lipinski definition) is 4. The van der Waals surface area contributed by atoms with Gasteiger partial charge in [0.1, 0.15) is 0 Å². The number of ether oxygens (including phenoxy) is 1. The topological polar surface area (TPSA) is 41.5 Å². The monoisotopic (exact) mass is 233 g/mol. The van der Waals surface area contributed by atoms with Crippen LogP contribution in [-0.2, 0) is 4.74 Å². The molecule has 0 aromatic rings. The number of nitrogens with one attached hydrogen (secondary N) is 1. The smallest absolute Gasteiger partial charge is 0.0521 e. The van der Waals surface area contributed by atoms with Crippen LogP contribution in [0, 0.1) is 5.92 Å². The first kappa shape index (κ1) is 13.3. The summed E-state index contributed by atoms with van der Waals surface area (Å²) < 4.78 is 5.43. The Bertz CT molecular complexity index is 152. The predicted molar refractivity (Wildman–Crippen MR) is 65.4 cm³/mol. The van der Waals surface area contributed by atoms with E-state index in [1.807, 2.05) is 11.8 Å². The second-order valence-corrected chi connectivity index (χ2v) is 5.13. The molecule has 1 aliphatic heterocycles. The van der Waals surface area contributed by atoms with Gasteiger partial charge in [-0.05, 0) is 19.4 Å². The Hall–Kier alpha value is 0.230. The van der Waals surface area contributed by atoms with Gasteiger partial charge in [-0.15, -0.1) is 0 Å². The summed E-state index contributed by atoms with van der Waals surface area (Å²) in [4.78, 5) is 0. The summed E-state index contributed by atoms with van der Waals surface area (Å²) in [6.07, 6.45) is 2.36. The molecular formula is C11H23NO2S. The third kappa shape index (κ3) is 5.20. The number of hydrogen-bond donors (Lipinski definition) is 2. The summed E-state index contributed by atoms with van der Waals surface area (Å²) in [6.45, 7) is 5.38. The highest BCUT2D eigenvalue weighted by molar-refractivity contribution is 7.99. The minimum atomic E-state index is 0.284. The maximum Gasteiger partial charge on any atom is 0.0521 e. The summed E-state index contributed by atoms with van der Waals surface area (Å²) in [7, 11) is 0. The minimum absolute atomic E-state index is 0.284. The van der Waals surface area contributed by atoms with Gasteiger partial charge in [-0.1, -0.05) is 6.92 Å². The largest absolute Gasteiger partial charge is 0.396 e. The first-order valence-electron chi connectivity index (χ1n) is 5.88. The van der Waals surface area contributed by atoms with Crippen LogP contribution >= 0.6 is 11.8 Å². The fourth-order valence-electron chi connectivity index (χ4n) is 1.84. The van der Waals surface area contributed by atoms with Crippen LogP contribution < -0.4 is 5.32 Å². The van der Waals surface area contributed by atoms with E-state index in [9.17, 15) is 0 Å². The highest BCUT2D eigenvalue weighted by Gasteiger charge is 2.24. The van der Waals surface area contributed by atoms with Crippen LogP contribution in [0.3, 0.4) is 0 Å². The number of thioether (sulfide) groups is 1. The van der Waals surface area contributed by atoms with E-state index in [1.165, 1.54) is 12.8 Å². The van der Waals surface area contributed by atoms with Gasteiger partial charge < -0.3 is 15.2 Å². The molecule has 1 fully saturated rings. The van der Waals surface area contributed by atoms with Crippen molar-refractivity contribution in [1.29, 1.82) is 0 Å². The molecule has 0 aromatic heterocycles. The molecule has 2 atom stereocenters. The summed E-state index contributed by atoms with van der Waals surface area (Å²) in [5.74, 6) is 2.61. The summed E-state index contributed by atoms with van der Waals surface area (Å²) in [6, 6.07) is 0.559. The molecule has 1 aliphatic rings. The molecule has 0 bridgehead atoms. The zero-order valence-corrected chi connectivity index (χ0v) is 10.4. The molecule has 3 nitrogen and oxygen atoms in total. The van der Waals surface area contributed by atoms with E-state index in [4.69, 9.17) is 9.84 Å². The molecule has 4 heteroatoms. The SMILES string of the molecule is CCCNC(CSCCO)C1CCOC1. The van der Waals surface area contributed by atoms with Crippen molar-refractivity contribution >= 4 is 11.8 Å². The average Bonchev–Trinajstić information content (AvgIpc) is 2.76. The second-order valence-electron chi connectivity index (χ2n) is 3.98. The van der Waals surface area contributed by atoms with Crippen molar-refractivity contribution in [3.63, 3.8) is 0 Å². The second kappa shape index (κ2) is 8.39. The molecule has 0 spiro atoms. The first-order chi connectivity index (χ1) is 7.38. The Morgan fingerprint density at radius 3 is 3.07 bits per heavy atom. The number of rotatable bonds is 8. The van der Waals surface area contributed by atoms with E-state index in [1.54, 1.807) is 0 Å². The maximum absolute atomic E-state index is 8.75. The molecule has 0 radical (unpaired) electrons. The Labute approximate surface area is 97.0 Å². The zero-order chi connectivity index (χ0) is 10.9. The van der Waals surface area contributed by atoms with Crippen LogP contribution in [0.4, 0.5) is 0 Å². The lowest BCUT2D eigenvalue weighted by Crippen LogP contribution is -2.39. The molecule has 90 valence electrons. The molecule has 1 heterocycles. The molecule has 0 amide bonds. The Kier molecular flexibility index (Phi) is 7.44. The molecule has 2 unspecified atom stereocenters. The van der Waals surface area contributed by atoms with Gasteiger partial charge in [-0.25, -0.2) is 0 Å². The average molecular weight is 233 g/mol. The maximum atomic E-state index is 8.75. The van der Waals surface area contributed by atoms with Gasteiger partial charge in [-0.3, -0.25) is 0 Å². The van der Waals surface area contributed by atoms with E-state index in [-0.39, 0.29) is 6.61 Å². The lowest BCUT2D eigenvalue weighted by molar-refractivity contribution is 0.179. The Morgan fingerprint density at radius 1 is 1.60 bits per heavy atom. The Balaban J connectivity index is 2.23. The zero-order valence-electron chi connectivity index (χ0n) is 9.58. The molecule has 0 aliphatic carbocycles. The highest BCUT2D eigenvalue weighted by atomic mass is 32.2. The van der Waals surface area contributed by atoms with Gasteiger partial charge >= 0.3 is 0 Å². The molecular weight excluding hydrogens is 210 g/mol. The van der Waals surface area contributed by atoms with Gasteiger partial charge in [0, 0.05) is 30.1 Å². The number of aliphatic hydroxyl groups is 1. The highest BCUT2D eigenvalue weighted by Crippen LogP contribution is 2.19. The van der Waals surface area contributed by atoms with Crippen molar-refractivity contribution in [2.24, 2.45) is 5.92 Å². The fourth-order valence-corrected chi connectivity index (χ4v) is 2.78. The molecule has 2 N–H and O–H groups in total.